The van der Waals surface area contributed by atoms with E-state index in [2.05, 4.69) is 0 Å². The molecule has 40 valence electrons. The molecule has 0 heterocycles. The minimum absolute atomic E-state index is 0.0208. The Hall–Kier alpha value is -0.580. The Morgan fingerprint density at radius 1 is 1.71 bits per heavy atom. The predicted molar refractivity (Wildman–Crippen MR) is 25.4 cm³/mol. The second kappa shape index (κ2) is 1.92. The summed E-state index contributed by atoms with van der Waals surface area (Å²) in [6.45, 7) is 2.77. The molecule has 0 unspecified atom stereocenters. The summed E-state index contributed by atoms with van der Waals surface area (Å²) < 4.78 is 12.2. The summed E-state index contributed by atoms with van der Waals surface area (Å²) in [7, 11) is 0. The van der Waals surface area contributed by atoms with Crippen LogP contribution in [0.4, 0.5) is 4.39 Å². The maximum Gasteiger partial charge on any atom is 0.118 e. The molecule has 0 aliphatic heterocycles. The van der Waals surface area contributed by atoms with E-state index in [0.717, 1.165) is 0 Å². The zero-order valence-corrected chi connectivity index (χ0v) is 4.53. The number of halogens is 1. The monoisotopic (exact) mass is 101 g/mol. The lowest BCUT2D eigenvalue weighted by Crippen LogP contribution is -2.08. The highest BCUT2D eigenvalue weighted by Crippen LogP contribution is 2.11. The summed E-state index contributed by atoms with van der Waals surface area (Å²) in [6.07, 6.45) is -0.0208. The van der Waals surface area contributed by atoms with Crippen molar-refractivity contribution in [3.8, 4) is 6.07 Å². The smallest absolute Gasteiger partial charge is 0.118 e. The lowest BCUT2D eigenvalue weighted by molar-refractivity contribution is 0.224. The summed E-state index contributed by atoms with van der Waals surface area (Å²) in [5.74, 6) is 0. The zero-order chi connectivity index (χ0) is 5.91. The molecule has 0 spiro atoms. The minimum atomic E-state index is -1.31. The minimum Gasteiger partial charge on any atom is -0.243 e. The Balaban J connectivity index is 3.40. The molecule has 0 saturated carbocycles. The van der Waals surface area contributed by atoms with Crippen LogP contribution in [-0.4, -0.2) is 5.67 Å². The molecule has 0 aromatic heterocycles. The molecule has 1 nitrogen and oxygen atoms in total. The third-order valence-corrected chi connectivity index (χ3v) is 0.499. The van der Waals surface area contributed by atoms with Crippen LogP contribution in [0.2, 0.25) is 0 Å². The van der Waals surface area contributed by atoms with Gasteiger partial charge in [0.1, 0.15) is 5.67 Å². The van der Waals surface area contributed by atoms with Crippen molar-refractivity contribution in [3.63, 3.8) is 0 Å². The molecule has 0 fully saturated rings. The van der Waals surface area contributed by atoms with Crippen molar-refractivity contribution >= 4 is 0 Å². The fraction of sp³-hybridized carbons (Fsp3) is 0.800. The first-order chi connectivity index (χ1) is 3.06. The fourth-order valence-corrected chi connectivity index (χ4v) is 0.188. The van der Waals surface area contributed by atoms with Gasteiger partial charge in [-0.2, -0.15) is 5.26 Å². The van der Waals surface area contributed by atoms with E-state index in [4.69, 9.17) is 5.26 Å². The van der Waals surface area contributed by atoms with Gasteiger partial charge in [-0.15, -0.1) is 0 Å². The second-order valence-corrected chi connectivity index (χ2v) is 2.05. The van der Waals surface area contributed by atoms with Crippen LogP contribution in [0, 0.1) is 11.3 Å². The van der Waals surface area contributed by atoms with Gasteiger partial charge in [0.25, 0.3) is 0 Å². The van der Waals surface area contributed by atoms with Crippen LogP contribution in [-0.2, 0) is 0 Å². The summed E-state index contributed by atoms with van der Waals surface area (Å²) >= 11 is 0. The Kier molecular flexibility index (Phi) is 1.76. The standard InChI is InChI=1S/C5H8FN/c1-5(2,6)3-4-7/h3H2,1-2H3. The van der Waals surface area contributed by atoms with Crippen molar-refractivity contribution in [1.29, 1.82) is 5.26 Å². The highest BCUT2D eigenvalue weighted by atomic mass is 19.1. The van der Waals surface area contributed by atoms with Crippen molar-refractivity contribution in [2.45, 2.75) is 25.9 Å². The molecule has 0 radical (unpaired) electrons. The average molecular weight is 101 g/mol. The molecule has 0 aromatic carbocycles. The van der Waals surface area contributed by atoms with E-state index in [9.17, 15) is 4.39 Å². The van der Waals surface area contributed by atoms with E-state index in [1.54, 1.807) is 6.07 Å². The third-order valence-electron chi connectivity index (χ3n) is 0.499. The molecule has 0 aliphatic rings. The molecule has 0 atom stereocenters. The van der Waals surface area contributed by atoms with E-state index in [1.165, 1.54) is 13.8 Å². The fourth-order valence-electron chi connectivity index (χ4n) is 0.188. The molecule has 0 aromatic rings. The maximum atomic E-state index is 12.2. The Morgan fingerprint density at radius 2 is 2.14 bits per heavy atom. The maximum absolute atomic E-state index is 12.2. The van der Waals surface area contributed by atoms with Gasteiger partial charge in [0.05, 0.1) is 12.5 Å². The van der Waals surface area contributed by atoms with Crippen LogP contribution in [0.1, 0.15) is 20.3 Å². The molecular formula is C5H8FN. The van der Waals surface area contributed by atoms with Crippen LogP contribution in [0.25, 0.3) is 0 Å². The first-order valence-corrected chi connectivity index (χ1v) is 2.12. The number of hydrogen-bond acceptors (Lipinski definition) is 1. The second-order valence-electron chi connectivity index (χ2n) is 2.05. The van der Waals surface area contributed by atoms with Crippen LogP contribution in [0.5, 0.6) is 0 Å². The lowest BCUT2D eigenvalue weighted by Gasteiger charge is -2.05. The topological polar surface area (TPSA) is 23.8 Å². The summed E-state index contributed by atoms with van der Waals surface area (Å²) in [5, 5.41) is 7.91. The van der Waals surface area contributed by atoms with Gasteiger partial charge >= 0.3 is 0 Å². The van der Waals surface area contributed by atoms with Gasteiger partial charge in [-0.3, -0.25) is 0 Å². The zero-order valence-electron chi connectivity index (χ0n) is 4.53. The molecule has 0 aliphatic carbocycles. The first-order valence-electron chi connectivity index (χ1n) is 2.12. The van der Waals surface area contributed by atoms with Gasteiger partial charge < -0.3 is 0 Å². The van der Waals surface area contributed by atoms with Crippen molar-refractivity contribution in [2.24, 2.45) is 0 Å². The largest absolute Gasteiger partial charge is 0.243 e. The summed E-state index contributed by atoms with van der Waals surface area (Å²) in [5.41, 5.74) is -1.31. The van der Waals surface area contributed by atoms with Crippen molar-refractivity contribution < 1.29 is 4.39 Å². The van der Waals surface area contributed by atoms with Crippen molar-refractivity contribution in [1.82, 2.24) is 0 Å². The highest BCUT2D eigenvalue weighted by Gasteiger charge is 2.13. The predicted octanol–water partition coefficient (Wildman–Crippen LogP) is 1.65. The van der Waals surface area contributed by atoms with E-state index in [1.807, 2.05) is 0 Å². The molecule has 7 heavy (non-hydrogen) atoms. The third kappa shape index (κ3) is 5.42. The number of nitrogens with zero attached hydrogens (tertiary/aromatic N) is 1. The van der Waals surface area contributed by atoms with Crippen LogP contribution < -0.4 is 0 Å². The van der Waals surface area contributed by atoms with E-state index >= 15 is 0 Å². The SMILES string of the molecule is CC(C)(F)CC#N. The highest BCUT2D eigenvalue weighted by molar-refractivity contribution is 4.81. The summed E-state index contributed by atoms with van der Waals surface area (Å²) in [4.78, 5) is 0. The molecule has 0 amide bonds. The van der Waals surface area contributed by atoms with E-state index < -0.39 is 5.67 Å². The van der Waals surface area contributed by atoms with E-state index in [0.29, 0.717) is 0 Å². The Labute approximate surface area is 42.8 Å². The lowest BCUT2D eigenvalue weighted by atomic mass is 10.1. The average Bonchev–Trinajstić information content (AvgIpc) is 1.30. The van der Waals surface area contributed by atoms with Crippen LogP contribution in [0.3, 0.4) is 0 Å². The van der Waals surface area contributed by atoms with Gasteiger partial charge in [-0.1, -0.05) is 0 Å². The number of hydrogen-bond donors (Lipinski definition) is 0. The van der Waals surface area contributed by atoms with Crippen molar-refractivity contribution in [2.75, 3.05) is 0 Å². The quantitative estimate of drug-likeness (QED) is 0.492. The van der Waals surface area contributed by atoms with Crippen LogP contribution >= 0.6 is 0 Å². The normalized spacial score (nSPS) is 10.6. The number of rotatable bonds is 1. The molecule has 2 heteroatoms. The van der Waals surface area contributed by atoms with Gasteiger partial charge in [0.15, 0.2) is 0 Å². The van der Waals surface area contributed by atoms with Crippen LogP contribution in [0.15, 0.2) is 0 Å². The van der Waals surface area contributed by atoms with Gasteiger partial charge in [0.2, 0.25) is 0 Å². The summed E-state index contributed by atoms with van der Waals surface area (Å²) in [6, 6.07) is 1.73. The molecule has 0 N–H and O–H groups in total. The molecule has 0 rings (SSSR count). The van der Waals surface area contributed by atoms with E-state index in [-0.39, 0.29) is 6.42 Å². The van der Waals surface area contributed by atoms with Crippen molar-refractivity contribution in [3.05, 3.63) is 0 Å². The Bertz CT molecular complexity index is 85.2. The van der Waals surface area contributed by atoms with Gasteiger partial charge in [0, 0.05) is 0 Å². The first kappa shape index (κ1) is 6.42. The van der Waals surface area contributed by atoms with Gasteiger partial charge in [-0.25, -0.2) is 4.39 Å². The molecule has 0 bridgehead atoms. The molecule has 0 saturated heterocycles. The molecular weight excluding hydrogens is 93.1 g/mol. The Morgan fingerprint density at radius 3 is 2.14 bits per heavy atom. The number of nitriles is 1. The number of alkyl halides is 1. The van der Waals surface area contributed by atoms with Gasteiger partial charge in [-0.05, 0) is 13.8 Å².